The predicted octanol–water partition coefficient (Wildman–Crippen LogP) is 3.14. The minimum Gasteiger partial charge on any atom is -0.338 e. The number of benzene rings is 1. The molecule has 1 N–H and O–H groups in total. The Morgan fingerprint density at radius 1 is 0.935 bits per heavy atom. The van der Waals surface area contributed by atoms with Gasteiger partial charge in [-0.1, -0.05) is 6.92 Å². The molecule has 0 spiro atoms. The SMILES string of the molecule is CCc1nc(Nc2nc(C)cc(-c3ccc(F)c(C)c3)n2)nc(N2CCN(C)CC2)n1. The Labute approximate surface area is 181 Å². The molecule has 0 atom stereocenters. The van der Waals surface area contributed by atoms with Crippen LogP contribution in [0.5, 0.6) is 0 Å². The van der Waals surface area contributed by atoms with E-state index in [1.165, 1.54) is 6.07 Å². The van der Waals surface area contributed by atoms with Crippen LogP contribution in [0.15, 0.2) is 24.3 Å². The lowest BCUT2D eigenvalue weighted by Gasteiger charge is -2.32. The van der Waals surface area contributed by atoms with Gasteiger partial charge in [-0.3, -0.25) is 5.32 Å². The van der Waals surface area contributed by atoms with Gasteiger partial charge in [0.2, 0.25) is 17.8 Å². The monoisotopic (exact) mass is 422 g/mol. The van der Waals surface area contributed by atoms with Gasteiger partial charge in [-0.15, -0.1) is 0 Å². The van der Waals surface area contributed by atoms with Crippen molar-refractivity contribution in [3.8, 4) is 11.3 Å². The molecule has 3 aromatic rings. The van der Waals surface area contributed by atoms with Gasteiger partial charge < -0.3 is 9.80 Å². The molecular weight excluding hydrogens is 395 g/mol. The first-order valence-electron chi connectivity index (χ1n) is 10.5. The van der Waals surface area contributed by atoms with E-state index in [1.54, 1.807) is 19.1 Å². The minimum atomic E-state index is -0.235. The van der Waals surface area contributed by atoms with E-state index in [0.29, 0.717) is 41.3 Å². The van der Waals surface area contributed by atoms with Crippen molar-refractivity contribution in [2.75, 3.05) is 43.4 Å². The van der Waals surface area contributed by atoms with Crippen molar-refractivity contribution in [3.63, 3.8) is 0 Å². The van der Waals surface area contributed by atoms with Crippen LogP contribution in [0.3, 0.4) is 0 Å². The summed E-state index contributed by atoms with van der Waals surface area (Å²) < 4.78 is 13.7. The highest BCUT2D eigenvalue weighted by molar-refractivity contribution is 5.62. The number of piperazine rings is 1. The molecule has 0 radical (unpaired) electrons. The van der Waals surface area contributed by atoms with Crippen LogP contribution in [-0.4, -0.2) is 63.0 Å². The van der Waals surface area contributed by atoms with Crippen LogP contribution in [0, 0.1) is 19.7 Å². The Kier molecular flexibility index (Phi) is 6.03. The van der Waals surface area contributed by atoms with E-state index in [0.717, 1.165) is 37.4 Å². The minimum absolute atomic E-state index is 0.235. The fraction of sp³-hybridized carbons (Fsp3) is 0.409. The average Bonchev–Trinajstić information content (AvgIpc) is 2.75. The highest BCUT2D eigenvalue weighted by Gasteiger charge is 2.19. The van der Waals surface area contributed by atoms with Crippen molar-refractivity contribution in [3.05, 3.63) is 47.2 Å². The van der Waals surface area contributed by atoms with E-state index >= 15 is 0 Å². The van der Waals surface area contributed by atoms with Gasteiger partial charge in [0, 0.05) is 43.9 Å². The van der Waals surface area contributed by atoms with E-state index in [1.807, 2.05) is 19.9 Å². The molecule has 8 nitrogen and oxygen atoms in total. The Hall–Kier alpha value is -3.20. The van der Waals surface area contributed by atoms with Crippen LogP contribution in [0.2, 0.25) is 0 Å². The van der Waals surface area contributed by atoms with E-state index in [2.05, 4.69) is 47.1 Å². The quantitative estimate of drug-likeness (QED) is 0.672. The lowest BCUT2D eigenvalue weighted by Crippen LogP contribution is -2.45. The summed E-state index contributed by atoms with van der Waals surface area (Å²) in [5.41, 5.74) is 2.90. The largest absolute Gasteiger partial charge is 0.338 e. The molecule has 9 heteroatoms. The zero-order chi connectivity index (χ0) is 22.0. The van der Waals surface area contributed by atoms with Gasteiger partial charge >= 0.3 is 0 Å². The summed E-state index contributed by atoms with van der Waals surface area (Å²) in [6.45, 7) is 9.34. The first kappa shape index (κ1) is 21.0. The first-order valence-corrected chi connectivity index (χ1v) is 10.5. The van der Waals surface area contributed by atoms with E-state index in [9.17, 15) is 4.39 Å². The number of nitrogens with one attached hydrogen (secondary N) is 1. The normalized spacial score (nSPS) is 14.7. The molecule has 2 aromatic heterocycles. The first-order chi connectivity index (χ1) is 14.9. The third-order valence-corrected chi connectivity index (χ3v) is 5.30. The molecule has 4 rings (SSSR count). The Morgan fingerprint density at radius 2 is 1.68 bits per heavy atom. The van der Waals surface area contributed by atoms with Crippen molar-refractivity contribution in [1.29, 1.82) is 0 Å². The molecule has 1 aliphatic heterocycles. The molecule has 1 saturated heterocycles. The molecule has 0 unspecified atom stereocenters. The molecule has 0 bridgehead atoms. The number of hydrogen-bond donors (Lipinski definition) is 1. The van der Waals surface area contributed by atoms with Crippen molar-refractivity contribution in [2.45, 2.75) is 27.2 Å². The second-order valence-corrected chi connectivity index (χ2v) is 7.83. The van der Waals surface area contributed by atoms with Crippen molar-refractivity contribution >= 4 is 17.8 Å². The predicted molar refractivity (Wildman–Crippen MR) is 119 cm³/mol. The summed E-state index contributed by atoms with van der Waals surface area (Å²) in [7, 11) is 2.12. The molecular formula is C22H27FN8. The standard InChI is InChI=1S/C22H27FN8/c1-5-19-26-21(29-22(27-19)31-10-8-30(4)9-11-31)28-20-24-15(3)13-18(25-20)16-6-7-17(23)14(2)12-16/h6-7,12-13H,5,8-11H2,1-4H3,(H,24,25,26,27,28,29). The molecule has 31 heavy (non-hydrogen) atoms. The van der Waals surface area contributed by atoms with E-state index in [4.69, 9.17) is 0 Å². The molecule has 1 aliphatic rings. The zero-order valence-electron chi connectivity index (χ0n) is 18.4. The second kappa shape index (κ2) is 8.89. The van der Waals surface area contributed by atoms with Crippen molar-refractivity contribution in [1.82, 2.24) is 29.8 Å². The second-order valence-electron chi connectivity index (χ2n) is 7.83. The molecule has 1 fully saturated rings. The maximum Gasteiger partial charge on any atom is 0.234 e. The number of rotatable bonds is 5. The van der Waals surface area contributed by atoms with Crippen LogP contribution < -0.4 is 10.2 Å². The number of aryl methyl sites for hydroxylation is 3. The summed E-state index contributed by atoms with van der Waals surface area (Å²) >= 11 is 0. The number of nitrogens with zero attached hydrogens (tertiary/aromatic N) is 7. The van der Waals surface area contributed by atoms with Gasteiger partial charge in [0.05, 0.1) is 5.69 Å². The number of aromatic nitrogens is 5. The maximum atomic E-state index is 13.7. The van der Waals surface area contributed by atoms with Crippen LogP contribution >= 0.6 is 0 Å². The van der Waals surface area contributed by atoms with Crippen LogP contribution in [-0.2, 0) is 6.42 Å². The van der Waals surface area contributed by atoms with Gasteiger partial charge in [-0.25, -0.2) is 14.4 Å². The number of anilines is 3. The zero-order valence-corrected chi connectivity index (χ0v) is 18.4. The molecule has 0 saturated carbocycles. The van der Waals surface area contributed by atoms with Gasteiger partial charge in [0.15, 0.2) is 0 Å². The topological polar surface area (TPSA) is 83.0 Å². The third kappa shape index (κ3) is 4.93. The molecule has 3 heterocycles. The summed E-state index contributed by atoms with van der Waals surface area (Å²) in [5, 5.41) is 3.15. The summed E-state index contributed by atoms with van der Waals surface area (Å²) in [5.74, 6) is 1.97. The van der Waals surface area contributed by atoms with Gasteiger partial charge in [0.25, 0.3) is 0 Å². The lowest BCUT2D eigenvalue weighted by atomic mass is 10.1. The Balaban J connectivity index is 1.63. The maximum absolute atomic E-state index is 13.7. The van der Waals surface area contributed by atoms with Crippen LogP contribution in [0.1, 0.15) is 24.0 Å². The van der Waals surface area contributed by atoms with Gasteiger partial charge in [-0.05, 0) is 50.7 Å². The van der Waals surface area contributed by atoms with Gasteiger partial charge in [0.1, 0.15) is 11.6 Å². The third-order valence-electron chi connectivity index (χ3n) is 5.30. The molecule has 0 aliphatic carbocycles. The van der Waals surface area contributed by atoms with E-state index < -0.39 is 0 Å². The average molecular weight is 423 g/mol. The molecule has 1 aromatic carbocycles. The van der Waals surface area contributed by atoms with Crippen LogP contribution in [0.4, 0.5) is 22.2 Å². The number of likely N-dealkylation sites (N-methyl/N-ethyl adjacent to an activating group) is 1. The van der Waals surface area contributed by atoms with Crippen molar-refractivity contribution in [2.24, 2.45) is 0 Å². The van der Waals surface area contributed by atoms with Crippen LogP contribution in [0.25, 0.3) is 11.3 Å². The smallest absolute Gasteiger partial charge is 0.234 e. The van der Waals surface area contributed by atoms with E-state index in [-0.39, 0.29) is 5.82 Å². The summed E-state index contributed by atoms with van der Waals surface area (Å²) in [6.07, 6.45) is 0.701. The highest BCUT2D eigenvalue weighted by atomic mass is 19.1. The Bertz CT molecular complexity index is 1080. The molecule has 0 amide bonds. The fourth-order valence-corrected chi connectivity index (χ4v) is 3.45. The molecule has 162 valence electrons. The Morgan fingerprint density at radius 3 is 2.39 bits per heavy atom. The van der Waals surface area contributed by atoms with Gasteiger partial charge in [-0.2, -0.15) is 15.0 Å². The number of halogens is 1. The highest BCUT2D eigenvalue weighted by Crippen LogP contribution is 2.23. The van der Waals surface area contributed by atoms with Crippen molar-refractivity contribution < 1.29 is 4.39 Å². The lowest BCUT2D eigenvalue weighted by molar-refractivity contribution is 0.311. The number of hydrogen-bond acceptors (Lipinski definition) is 8. The summed E-state index contributed by atoms with van der Waals surface area (Å²) in [4.78, 5) is 27.3. The summed E-state index contributed by atoms with van der Waals surface area (Å²) in [6, 6.07) is 6.83. The fourth-order valence-electron chi connectivity index (χ4n) is 3.45.